The average Bonchev–Trinajstić information content (AvgIpc) is 3.00. The van der Waals surface area contributed by atoms with E-state index in [0.717, 1.165) is 68.5 Å². The molecule has 2 aromatic rings. The topological polar surface area (TPSA) is 222 Å². The van der Waals surface area contributed by atoms with E-state index in [4.69, 9.17) is 25.5 Å². The van der Waals surface area contributed by atoms with E-state index >= 15 is 0 Å². The van der Waals surface area contributed by atoms with Crippen LogP contribution in [0.5, 0.6) is 0 Å². The summed E-state index contributed by atoms with van der Waals surface area (Å²) in [5, 5.41) is 51.6. The van der Waals surface area contributed by atoms with E-state index in [-0.39, 0.29) is 17.2 Å². The molecule has 0 bridgehead atoms. The van der Waals surface area contributed by atoms with Crippen LogP contribution in [0.25, 0.3) is 0 Å². The number of aliphatic hydroxyl groups excluding tert-OH is 1. The molecule has 0 unspecified atom stereocenters. The largest absolute Gasteiger partial charge is 0.478 e. The van der Waals surface area contributed by atoms with Crippen molar-refractivity contribution in [2.45, 2.75) is 16.2 Å². The van der Waals surface area contributed by atoms with Crippen molar-refractivity contribution in [2.24, 2.45) is 0 Å². The number of nitro groups is 1. The Bertz CT molecular complexity index is 1340. The standard InChI is InChI=1S/C21H26N4O3S.2C4H4O4/c26-15-14-23-12-10-22(11-13-23)8-3-9-24-18-4-1-2-5-20(18)29-21-7-6-17(25(27)28)16-19(21)24;2*5-3(6)1-2-4(7)8/h1-2,4-7,16,26H,3,8-15H2;2*1-2H,(H,5,6)(H,7,8)/b;2*2-1-. The normalized spacial score (nSPS) is 14.4. The van der Waals surface area contributed by atoms with Crippen molar-refractivity contribution in [3.8, 4) is 0 Å². The Morgan fingerprint density at radius 3 is 1.71 bits per heavy atom. The molecule has 1 fully saturated rings. The lowest BCUT2D eigenvalue weighted by atomic mass is 10.2. The minimum atomic E-state index is -1.26. The highest BCUT2D eigenvalue weighted by atomic mass is 32.2. The first-order chi connectivity index (χ1) is 21.4. The van der Waals surface area contributed by atoms with Crippen molar-refractivity contribution in [2.75, 3.05) is 57.3 Å². The van der Waals surface area contributed by atoms with Gasteiger partial charge in [0.25, 0.3) is 5.69 Å². The van der Waals surface area contributed by atoms with Gasteiger partial charge in [0.05, 0.1) is 22.9 Å². The van der Waals surface area contributed by atoms with Crippen LogP contribution in [-0.4, -0.2) is 117 Å². The van der Waals surface area contributed by atoms with Gasteiger partial charge in [0.2, 0.25) is 0 Å². The number of β-amino-alcohol motifs (C(OH)–C–C–N with tert-alkyl or cyclic N) is 1. The highest BCUT2D eigenvalue weighted by molar-refractivity contribution is 7.99. The van der Waals surface area contributed by atoms with Crippen LogP contribution in [0.1, 0.15) is 6.42 Å². The molecule has 242 valence electrons. The SMILES string of the molecule is O=C(O)/C=C\C(=O)O.O=C(O)/C=C\C(=O)O.O=[N+]([O-])c1ccc2c(c1)N(CCCN1CCN(CCO)CC1)c1ccccc1S2. The van der Waals surface area contributed by atoms with Gasteiger partial charge < -0.3 is 35.3 Å². The van der Waals surface area contributed by atoms with Crippen LogP contribution in [0.3, 0.4) is 0 Å². The minimum absolute atomic E-state index is 0.133. The number of benzene rings is 2. The summed E-state index contributed by atoms with van der Waals surface area (Å²) in [7, 11) is 0. The van der Waals surface area contributed by atoms with Gasteiger partial charge in [-0.1, -0.05) is 23.9 Å². The first kappa shape index (κ1) is 36.4. The number of aliphatic hydroxyl groups is 1. The van der Waals surface area contributed by atoms with Crippen LogP contribution in [0.2, 0.25) is 0 Å². The van der Waals surface area contributed by atoms with Crippen molar-refractivity contribution in [1.82, 2.24) is 9.80 Å². The second-order valence-electron chi connectivity index (χ2n) is 9.41. The maximum Gasteiger partial charge on any atom is 0.328 e. The highest BCUT2D eigenvalue weighted by Crippen LogP contribution is 2.48. The molecule has 2 aliphatic heterocycles. The van der Waals surface area contributed by atoms with E-state index in [2.05, 4.69) is 26.8 Å². The molecule has 0 atom stereocenters. The number of piperazine rings is 1. The number of nitro benzene ring substituents is 1. The van der Waals surface area contributed by atoms with Gasteiger partial charge in [0.1, 0.15) is 0 Å². The van der Waals surface area contributed by atoms with E-state index < -0.39 is 23.9 Å². The van der Waals surface area contributed by atoms with Crippen LogP contribution in [0.4, 0.5) is 17.1 Å². The van der Waals surface area contributed by atoms with Crippen LogP contribution < -0.4 is 4.90 Å². The van der Waals surface area contributed by atoms with Gasteiger partial charge in [-0.05, 0) is 31.2 Å². The first-order valence-corrected chi connectivity index (χ1v) is 14.4. The monoisotopic (exact) mass is 646 g/mol. The number of fused-ring (bicyclic) bond motifs is 2. The zero-order valence-electron chi connectivity index (χ0n) is 24.1. The van der Waals surface area contributed by atoms with Gasteiger partial charge in [0.15, 0.2) is 0 Å². The van der Waals surface area contributed by atoms with E-state index in [1.165, 1.54) is 4.90 Å². The van der Waals surface area contributed by atoms with Gasteiger partial charge in [-0.25, -0.2) is 19.2 Å². The number of aliphatic carboxylic acids is 4. The molecule has 2 aliphatic rings. The Balaban J connectivity index is 0.000000365. The molecule has 0 aliphatic carbocycles. The summed E-state index contributed by atoms with van der Waals surface area (Å²) >= 11 is 1.67. The predicted molar refractivity (Wildman–Crippen MR) is 164 cm³/mol. The van der Waals surface area contributed by atoms with E-state index in [1.54, 1.807) is 23.9 Å². The summed E-state index contributed by atoms with van der Waals surface area (Å²) in [6.07, 6.45) is 3.22. The fourth-order valence-corrected chi connectivity index (χ4v) is 5.36. The maximum absolute atomic E-state index is 11.3. The summed E-state index contributed by atoms with van der Waals surface area (Å²) in [6.45, 7) is 6.84. The lowest BCUT2D eigenvalue weighted by Crippen LogP contribution is -2.47. The Labute approximate surface area is 262 Å². The maximum atomic E-state index is 11.3. The highest BCUT2D eigenvalue weighted by Gasteiger charge is 2.25. The van der Waals surface area contributed by atoms with Crippen molar-refractivity contribution in [1.29, 1.82) is 0 Å². The number of nitrogens with zero attached hydrogens (tertiary/aromatic N) is 4. The fraction of sp³-hybridized carbons (Fsp3) is 0.310. The molecule has 2 aromatic carbocycles. The zero-order valence-corrected chi connectivity index (χ0v) is 24.9. The summed E-state index contributed by atoms with van der Waals surface area (Å²) in [5.74, 6) is -5.03. The third kappa shape index (κ3) is 13.2. The number of non-ortho nitro benzene ring substituents is 1. The Morgan fingerprint density at radius 1 is 0.733 bits per heavy atom. The number of para-hydroxylation sites is 1. The summed E-state index contributed by atoms with van der Waals surface area (Å²) in [5.41, 5.74) is 2.18. The molecular formula is C29H34N4O11S. The molecule has 5 N–H and O–H groups in total. The van der Waals surface area contributed by atoms with E-state index in [1.807, 2.05) is 18.2 Å². The van der Waals surface area contributed by atoms with Crippen LogP contribution in [0.15, 0.2) is 76.6 Å². The van der Waals surface area contributed by atoms with Crippen molar-refractivity contribution in [3.05, 3.63) is 76.9 Å². The Hall–Kier alpha value is -4.77. The number of rotatable bonds is 11. The van der Waals surface area contributed by atoms with Gasteiger partial charge in [-0.2, -0.15) is 0 Å². The summed E-state index contributed by atoms with van der Waals surface area (Å²) in [4.78, 5) is 58.4. The van der Waals surface area contributed by atoms with Crippen molar-refractivity contribution in [3.63, 3.8) is 0 Å². The molecule has 0 aromatic heterocycles. The third-order valence-corrected chi connectivity index (χ3v) is 7.42. The number of anilines is 2. The third-order valence-electron chi connectivity index (χ3n) is 6.29. The van der Waals surface area contributed by atoms with Crippen molar-refractivity contribution >= 4 is 52.7 Å². The zero-order chi connectivity index (χ0) is 33.4. The van der Waals surface area contributed by atoms with E-state index in [0.29, 0.717) is 24.3 Å². The quantitative estimate of drug-likeness (QED) is 0.134. The smallest absolute Gasteiger partial charge is 0.328 e. The predicted octanol–water partition coefficient (Wildman–Crippen LogP) is 2.62. The van der Waals surface area contributed by atoms with Crippen LogP contribution in [0, 0.1) is 10.1 Å². The molecule has 15 nitrogen and oxygen atoms in total. The lowest BCUT2D eigenvalue weighted by molar-refractivity contribution is -0.384. The van der Waals surface area contributed by atoms with E-state index in [9.17, 15) is 29.3 Å². The number of carboxylic acid groups (broad SMARTS) is 4. The minimum Gasteiger partial charge on any atom is -0.478 e. The van der Waals surface area contributed by atoms with Gasteiger partial charge >= 0.3 is 23.9 Å². The van der Waals surface area contributed by atoms with Gasteiger partial charge in [-0.15, -0.1) is 0 Å². The summed E-state index contributed by atoms with van der Waals surface area (Å²) < 4.78 is 0. The molecule has 16 heteroatoms. The molecule has 0 saturated carbocycles. The van der Waals surface area contributed by atoms with Crippen molar-refractivity contribution < 1.29 is 49.6 Å². The molecule has 0 radical (unpaired) electrons. The van der Waals surface area contributed by atoms with Crippen LogP contribution >= 0.6 is 11.8 Å². The second kappa shape index (κ2) is 18.8. The number of carboxylic acids is 4. The average molecular weight is 647 g/mol. The number of carbonyl (C=O) groups is 4. The molecule has 0 spiro atoms. The second-order valence-corrected chi connectivity index (χ2v) is 10.5. The fourth-order valence-electron chi connectivity index (χ4n) is 4.29. The molecule has 4 rings (SSSR count). The molecule has 2 heterocycles. The Kier molecular flexibility index (Phi) is 15.2. The molecule has 45 heavy (non-hydrogen) atoms. The van der Waals surface area contributed by atoms with Crippen LogP contribution in [-0.2, 0) is 19.2 Å². The van der Waals surface area contributed by atoms with Gasteiger partial charge in [0, 0.05) is 85.5 Å². The molecule has 1 saturated heterocycles. The Morgan fingerprint density at radius 2 is 1.22 bits per heavy atom. The lowest BCUT2D eigenvalue weighted by Gasteiger charge is -2.36. The number of hydrogen-bond donors (Lipinski definition) is 5. The number of hydrogen-bond acceptors (Lipinski definition) is 11. The van der Waals surface area contributed by atoms with Gasteiger partial charge in [-0.3, -0.25) is 15.0 Å². The summed E-state index contributed by atoms with van der Waals surface area (Å²) in [6, 6.07) is 13.4. The molecule has 0 amide bonds. The first-order valence-electron chi connectivity index (χ1n) is 13.6. The molecular weight excluding hydrogens is 612 g/mol.